The molecule has 1 N–H and O–H groups in total. The van der Waals surface area contributed by atoms with Crippen LogP contribution in [0.4, 0.5) is 0 Å². The SMILES string of the molecule is Cc1ccccc1-n1c(SCc2ccccc2)nc2c([nH]c3ccccc32)c1=O. The van der Waals surface area contributed by atoms with Crippen molar-refractivity contribution in [2.24, 2.45) is 0 Å². The lowest BCUT2D eigenvalue weighted by Crippen LogP contribution is -2.22. The number of nitrogens with one attached hydrogen (secondary N) is 1. The van der Waals surface area contributed by atoms with Crippen LogP contribution in [0.3, 0.4) is 0 Å². The number of aryl methyl sites for hydroxylation is 1. The molecule has 4 nitrogen and oxygen atoms in total. The summed E-state index contributed by atoms with van der Waals surface area (Å²) < 4.78 is 1.74. The van der Waals surface area contributed by atoms with E-state index in [1.54, 1.807) is 16.3 Å². The zero-order valence-corrected chi connectivity index (χ0v) is 16.7. The molecule has 0 aliphatic rings. The number of aromatic nitrogens is 3. The van der Waals surface area contributed by atoms with Crippen LogP contribution < -0.4 is 5.56 Å². The highest BCUT2D eigenvalue weighted by atomic mass is 32.2. The molecular formula is C24H19N3OS. The number of nitrogens with zero attached hydrogens (tertiary/aromatic N) is 2. The van der Waals surface area contributed by atoms with E-state index >= 15 is 0 Å². The summed E-state index contributed by atoms with van der Waals surface area (Å²) in [4.78, 5) is 21.8. The van der Waals surface area contributed by atoms with Gasteiger partial charge in [0.1, 0.15) is 11.0 Å². The fraction of sp³-hybridized carbons (Fsp3) is 0.0833. The molecule has 0 unspecified atom stereocenters. The predicted molar refractivity (Wildman–Crippen MR) is 120 cm³/mol. The van der Waals surface area contributed by atoms with Gasteiger partial charge >= 0.3 is 0 Å². The molecule has 2 heterocycles. The van der Waals surface area contributed by atoms with Crippen LogP contribution in [0.5, 0.6) is 0 Å². The van der Waals surface area contributed by atoms with Crippen molar-refractivity contribution < 1.29 is 0 Å². The Balaban J connectivity index is 1.75. The van der Waals surface area contributed by atoms with E-state index < -0.39 is 0 Å². The molecular weight excluding hydrogens is 378 g/mol. The molecule has 0 aliphatic heterocycles. The quantitative estimate of drug-likeness (QED) is 0.323. The van der Waals surface area contributed by atoms with Crippen molar-refractivity contribution in [2.75, 3.05) is 0 Å². The molecule has 0 atom stereocenters. The fourth-order valence-electron chi connectivity index (χ4n) is 3.59. The first-order valence-electron chi connectivity index (χ1n) is 9.48. The Morgan fingerprint density at radius 3 is 2.48 bits per heavy atom. The maximum Gasteiger partial charge on any atom is 0.283 e. The summed E-state index contributed by atoms with van der Waals surface area (Å²) in [6, 6.07) is 26.1. The van der Waals surface area contributed by atoms with Crippen molar-refractivity contribution in [1.82, 2.24) is 14.5 Å². The summed E-state index contributed by atoms with van der Waals surface area (Å²) in [6.45, 7) is 2.02. The van der Waals surface area contributed by atoms with Gasteiger partial charge in [0, 0.05) is 16.7 Å². The maximum atomic E-state index is 13.6. The molecule has 0 saturated carbocycles. The zero-order chi connectivity index (χ0) is 19.8. The molecule has 0 amide bonds. The lowest BCUT2D eigenvalue weighted by atomic mass is 10.2. The largest absolute Gasteiger partial charge is 0.349 e. The molecule has 5 heteroatoms. The predicted octanol–water partition coefficient (Wildman–Crippen LogP) is 5.47. The van der Waals surface area contributed by atoms with Crippen LogP contribution in [-0.2, 0) is 5.75 Å². The number of hydrogen-bond acceptors (Lipinski definition) is 3. The molecule has 0 radical (unpaired) electrons. The molecule has 5 rings (SSSR count). The van der Waals surface area contributed by atoms with Crippen molar-refractivity contribution in [2.45, 2.75) is 17.8 Å². The number of H-pyrrole nitrogens is 1. The third-order valence-electron chi connectivity index (χ3n) is 5.06. The van der Waals surface area contributed by atoms with E-state index in [1.165, 1.54) is 5.56 Å². The Morgan fingerprint density at radius 2 is 1.66 bits per heavy atom. The zero-order valence-electron chi connectivity index (χ0n) is 15.9. The van der Waals surface area contributed by atoms with Gasteiger partial charge in [0.2, 0.25) is 0 Å². The van der Waals surface area contributed by atoms with Crippen LogP contribution in [0.2, 0.25) is 0 Å². The molecule has 0 spiro atoms. The molecule has 0 fully saturated rings. The topological polar surface area (TPSA) is 50.7 Å². The van der Waals surface area contributed by atoms with Gasteiger partial charge in [0.15, 0.2) is 5.16 Å². The number of para-hydroxylation sites is 2. The monoisotopic (exact) mass is 397 g/mol. The third kappa shape index (κ3) is 3.13. The van der Waals surface area contributed by atoms with Crippen molar-refractivity contribution in [3.05, 3.63) is 100 Å². The van der Waals surface area contributed by atoms with Gasteiger partial charge in [-0.05, 0) is 30.2 Å². The molecule has 0 bridgehead atoms. The van der Waals surface area contributed by atoms with Crippen LogP contribution in [-0.4, -0.2) is 14.5 Å². The van der Waals surface area contributed by atoms with E-state index in [-0.39, 0.29) is 5.56 Å². The number of fused-ring (bicyclic) bond motifs is 3. The Morgan fingerprint density at radius 1 is 0.931 bits per heavy atom. The lowest BCUT2D eigenvalue weighted by molar-refractivity contribution is 0.813. The normalized spacial score (nSPS) is 11.3. The number of aromatic amines is 1. The second kappa shape index (κ2) is 7.26. The fourth-order valence-corrected chi connectivity index (χ4v) is 4.54. The molecule has 3 aromatic carbocycles. The van der Waals surface area contributed by atoms with Crippen LogP contribution in [0, 0.1) is 6.92 Å². The number of thioether (sulfide) groups is 1. The first-order chi connectivity index (χ1) is 14.2. The Hall–Kier alpha value is -3.31. The van der Waals surface area contributed by atoms with E-state index in [0.29, 0.717) is 10.7 Å². The van der Waals surface area contributed by atoms with Gasteiger partial charge < -0.3 is 4.98 Å². The van der Waals surface area contributed by atoms with Gasteiger partial charge in [-0.25, -0.2) is 4.98 Å². The van der Waals surface area contributed by atoms with Gasteiger partial charge in [0.25, 0.3) is 5.56 Å². The summed E-state index contributed by atoms with van der Waals surface area (Å²) >= 11 is 1.58. The Labute approximate surface area is 172 Å². The molecule has 142 valence electrons. The van der Waals surface area contributed by atoms with Gasteiger partial charge in [0.05, 0.1) is 5.69 Å². The highest BCUT2D eigenvalue weighted by molar-refractivity contribution is 7.98. The van der Waals surface area contributed by atoms with Crippen molar-refractivity contribution in [3.63, 3.8) is 0 Å². The number of hydrogen-bond donors (Lipinski definition) is 1. The van der Waals surface area contributed by atoms with Crippen LogP contribution >= 0.6 is 11.8 Å². The lowest BCUT2D eigenvalue weighted by Gasteiger charge is -2.14. The van der Waals surface area contributed by atoms with Gasteiger partial charge in [-0.15, -0.1) is 0 Å². The number of benzene rings is 3. The minimum Gasteiger partial charge on any atom is -0.349 e. The smallest absolute Gasteiger partial charge is 0.283 e. The average Bonchev–Trinajstić information content (AvgIpc) is 3.13. The summed E-state index contributed by atoms with van der Waals surface area (Å²) in [5, 5.41) is 1.67. The summed E-state index contributed by atoms with van der Waals surface area (Å²) in [5.41, 5.74) is 5.21. The van der Waals surface area contributed by atoms with Crippen molar-refractivity contribution in [3.8, 4) is 5.69 Å². The highest BCUT2D eigenvalue weighted by Crippen LogP contribution is 2.28. The molecule has 2 aromatic heterocycles. The summed E-state index contributed by atoms with van der Waals surface area (Å²) in [6.07, 6.45) is 0. The minimum absolute atomic E-state index is 0.0731. The van der Waals surface area contributed by atoms with Gasteiger partial charge in [-0.3, -0.25) is 9.36 Å². The van der Waals surface area contributed by atoms with Crippen LogP contribution in [0.1, 0.15) is 11.1 Å². The van der Waals surface area contributed by atoms with E-state index in [0.717, 1.165) is 33.4 Å². The summed E-state index contributed by atoms with van der Waals surface area (Å²) in [7, 11) is 0. The van der Waals surface area contributed by atoms with Gasteiger partial charge in [-0.1, -0.05) is 78.5 Å². The van der Waals surface area contributed by atoms with E-state index in [9.17, 15) is 4.79 Å². The average molecular weight is 398 g/mol. The second-order valence-corrected chi connectivity index (χ2v) is 7.93. The van der Waals surface area contributed by atoms with Crippen molar-refractivity contribution in [1.29, 1.82) is 0 Å². The van der Waals surface area contributed by atoms with Crippen LogP contribution in [0.25, 0.3) is 27.6 Å². The van der Waals surface area contributed by atoms with Gasteiger partial charge in [-0.2, -0.15) is 0 Å². The standard InChI is InChI=1S/C24H19N3OS/c1-16-9-5-8-14-20(16)27-23(28)22-21(18-12-6-7-13-19(18)25-22)26-24(27)29-15-17-10-3-2-4-11-17/h2-14,25H,15H2,1H3. The third-order valence-corrected chi connectivity index (χ3v) is 6.07. The first kappa shape index (κ1) is 17.8. The van der Waals surface area contributed by atoms with E-state index in [2.05, 4.69) is 17.1 Å². The summed E-state index contributed by atoms with van der Waals surface area (Å²) in [5.74, 6) is 0.743. The highest BCUT2D eigenvalue weighted by Gasteiger charge is 2.18. The second-order valence-electron chi connectivity index (χ2n) is 6.99. The molecule has 5 aromatic rings. The molecule has 0 saturated heterocycles. The Bertz CT molecular complexity index is 1390. The van der Waals surface area contributed by atoms with Crippen molar-refractivity contribution >= 4 is 33.7 Å². The molecule has 0 aliphatic carbocycles. The van der Waals surface area contributed by atoms with E-state index in [4.69, 9.17) is 4.98 Å². The minimum atomic E-state index is -0.0731. The van der Waals surface area contributed by atoms with E-state index in [1.807, 2.05) is 73.7 Å². The van der Waals surface area contributed by atoms with Crippen LogP contribution in [0.15, 0.2) is 88.8 Å². The maximum absolute atomic E-state index is 13.6. The number of rotatable bonds is 4. The molecule has 29 heavy (non-hydrogen) atoms. The Kier molecular flexibility index (Phi) is 4.45. The first-order valence-corrected chi connectivity index (χ1v) is 10.5.